The highest BCUT2D eigenvalue weighted by Gasteiger charge is 2.15. The van der Waals surface area contributed by atoms with Crippen molar-refractivity contribution in [3.05, 3.63) is 40.6 Å². The van der Waals surface area contributed by atoms with Crippen molar-refractivity contribution in [2.45, 2.75) is 38.2 Å². The van der Waals surface area contributed by atoms with Crippen molar-refractivity contribution in [2.24, 2.45) is 0 Å². The van der Waals surface area contributed by atoms with Gasteiger partial charge >= 0.3 is 0 Å². The molecule has 0 aliphatic rings. The molecule has 0 saturated carbocycles. The number of thioether (sulfide) groups is 1. The van der Waals surface area contributed by atoms with Crippen molar-refractivity contribution < 1.29 is 14.7 Å². The average Bonchev–Trinajstić information content (AvgIpc) is 2.96. The van der Waals surface area contributed by atoms with E-state index in [4.69, 9.17) is 0 Å². The topological polar surface area (TPSA) is 96.2 Å². The molecule has 1 heterocycles. The molecule has 0 radical (unpaired) electrons. The highest BCUT2D eigenvalue weighted by Crippen LogP contribution is 2.20. The summed E-state index contributed by atoms with van der Waals surface area (Å²) in [6, 6.07) is 7.31. The number of nitrogens with zero attached hydrogens (tertiary/aromatic N) is 2. The van der Waals surface area contributed by atoms with E-state index in [0.717, 1.165) is 4.47 Å². The van der Waals surface area contributed by atoms with Crippen LogP contribution in [0.3, 0.4) is 0 Å². The number of anilines is 1. The number of aromatic nitrogens is 2. The Labute approximate surface area is 164 Å². The summed E-state index contributed by atoms with van der Waals surface area (Å²) in [5.74, 6) is -0.207. The molecule has 26 heavy (non-hydrogen) atoms. The summed E-state index contributed by atoms with van der Waals surface area (Å²) < 4.78 is 2.55. The van der Waals surface area contributed by atoms with E-state index >= 15 is 0 Å². The second kappa shape index (κ2) is 9.75. The highest BCUT2D eigenvalue weighted by atomic mass is 79.9. The molecule has 1 aromatic heterocycles. The second-order valence-corrected chi connectivity index (χ2v) is 7.70. The number of aliphatic hydroxyl groups excluding tert-OH is 1. The Morgan fingerprint density at radius 1 is 1.27 bits per heavy atom. The number of amides is 2. The Balaban J connectivity index is 1.98. The Hall–Kier alpha value is -1.84. The monoisotopic (exact) mass is 440 g/mol. The minimum Gasteiger partial charge on any atom is -0.390 e. The predicted octanol–water partition coefficient (Wildman–Crippen LogP) is 2.39. The van der Waals surface area contributed by atoms with E-state index in [1.807, 2.05) is 26.0 Å². The Bertz CT molecular complexity index is 762. The first-order valence-electron chi connectivity index (χ1n) is 8.02. The van der Waals surface area contributed by atoms with E-state index in [2.05, 4.69) is 31.5 Å². The molecule has 0 aliphatic heterocycles. The summed E-state index contributed by atoms with van der Waals surface area (Å²) in [5, 5.41) is 15.5. The van der Waals surface area contributed by atoms with Gasteiger partial charge in [-0.3, -0.25) is 9.59 Å². The van der Waals surface area contributed by atoms with E-state index in [0.29, 0.717) is 16.5 Å². The maximum atomic E-state index is 12.1. The van der Waals surface area contributed by atoms with Gasteiger partial charge in [0, 0.05) is 16.2 Å². The van der Waals surface area contributed by atoms with Crippen molar-refractivity contribution in [2.75, 3.05) is 11.1 Å². The molecule has 7 nitrogen and oxygen atoms in total. The SMILES string of the molecule is CC(C)NC(=O)Cn1c(CO)cnc1SCC(=O)Nc1ccc(Br)cc1. The summed E-state index contributed by atoms with van der Waals surface area (Å²) in [6.07, 6.45) is 1.51. The quantitative estimate of drug-likeness (QED) is 0.547. The van der Waals surface area contributed by atoms with Gasteiger partial charge in [-0.2, -0.15) is 0 Å². The van der Waals surface area contributed by atoms with Gasteiger partial charge in [0.05, 0.1) is 24.3 Å². The number of carbonyl (C=O) groups excluding carboxylic acids is 2. The zero-order valence-corrected chi connectivity index (χ0v) is 16.9. The molecule has 1 aromatic carbocycles. The molecule has 0 bridgehead atoms. The maximum Gasteiger partial charge on any atom is 0.240 e. The number of nitrogens with one attached hydrogen (secondary N) is 2. The molecule has 0 atom stereocenters. The minimum atomic E-state index is -0.229. The van der Waals surface area contributed by atoms with Crippen LogP contribution in [0.15, 0.2) is 40.1 Å². The third-order valence-electron chi connectivity index (χ3n) is 3.28. The number of hydrogen-bond donors (Lipinski definition) is 3. The fourth-order valence-corrected chi connectivity index (χ4v) is 3.24. The van der Waals surface area contributed by atoms with Crippen LogP contribution < -0.4 is 10.6 Å². The molecular weight excluding hydrogens is 420 g/mol. The largest absolute Gasteiger partial charge is 0.390 e. The van der Waals surface area contributed by atoms with Crippen molar-refractivity contribution in [1.82, 2.24) is 14.9 Å². The number of hydrogen-bond acceptors (Lipinski definition) is 5. The third-order valence-corrected chi connectivity index (χ3v) is 4.79. The summed E-state index contributed by atoms with van der Waals surface area (Å²) in [7, 11) is 0. The van der Waals surface area contributed by atoms with Crippen molar-refractivity contribution in [3.63, 3.8) is 0 Å². The van der Waals surface area contributed by atoms with Crippen LogP contribution in [-0.2, 0) is 22.7 Å². The van der Waals surface area contributed by atoms with Gasteiger partial charge in [-0.1, -0.05) is 27.7 Å². The molecule has 0 saturated heterocycles. The zero-order chi connectivity index (χ0) is 19.1. The Morgan fingerprint density at radius 2 is 1.96 bits per heavy atom. The van der Waals surface area contributed by atoms with E-state index < -0.39 is 0 Å². The van der Waals surface area contributed by atoms with Crippen molar-refractivity contribution >= 4 is 45.2 Å². The maximum absolute atomic E-state index is 12.1. The fourth-order valence-electron chi connectivity index (χ4n) is 2.17. The summed E-state index contributed by atoms with van der Waals surface area (Å²) in [5.41, 5.74) is 1.23. The molecule has 2 amide bonds. The van der Waals surface area contributed by atoms with Gasteiger partial charge in [-0.25, -0.2) is 4.98 Å². The first-order valence-corrected chi connectivity index (χ1v) is 9.79. The fraction of sp³-hybridized carbons (Fsp3) is 0.353. The van der Waals surface area contributed by atoms with Gasteiger partial charge in [-0.15, -0.1) is 0 Å². The molecule has 3 N–H and O–H groups in total. The summed E-state index contributed by atoms with van der Waals surface area (Å²) in [6.45, 7) is 3.57. The molecule has 2 aromatic rings. The molecule has 140 valence electrons. The predicted molar refractivity (Wildman–Crippen MR) is 105 cm³/mol. The van der Waals surface area contributed by atoms with Gasteiger partial charge < -0.3 is 20.3 Å². The van der Waals surface area contributed by atoms with E-state index in [1.165, 1.54) is 18.0 Å². The lowest BCUT2D eigenvalue weighted by Gasteiger charge is -2.12. The number of carbonyl (C=O) groups is 2. The van der Waals surface area contributed by atoms with Gasteiger partial charge in [0.25, 0.3) is 0 Å². The molecule has 0 unspecified atom stereocenters. The van der Waals surface area contributed by atoms with Crippen LogP contribution in [0.1, 0.15) is 19.5 Å². The van der Waals surface area contributed by atoms with Gasteiger partial charge in [0.2, 0.25) is 11.8 Å². The van der Waals surface area contributed by atoms with Crippen LogP contribution in [0.4, 0.5) is 5.69 Å². The lowest BCUT2D eigenvalue weighted by molar-refractivity contribution is -0.122. The number of benzene rings is 1. The van der Waals surface area contributed by atoms with Crippen LogP contribution in [0, 0.1) is 0 Å². The van der Waals surface area contributed by atoms with Crippen LogP contribution in [0.5, 0.6) is 0 Å². The molecule has 0 aliphatic carbocycles. The minimum absolute atomic E-state index is 0.0244. The zero-order valence-electron chi connectivity index (χ0n) is 14.5. The van der Waals surface area contributed by atoms with Crippen molar-refractivity contribution in [3.8, 4) is 0 Å². The lowest BCUT2D eigenvalue weighted by Crippen LogP contribution is -2.33. The Kier molecular flexibility index (Phi) is 7.67. The number of imidazole rings is 1. The lowest BCUT2D eigenvalue weighted by atomic mass is 10.3. The normalized spacial score (nSPS) is 10.8. The molecular formula is C17H21BrN4O3S. The molecule has 2 rings (SSSR count). The summed E-state index contributed by atoms with van der Waals surface area (Å²) in [4.78, 5) is 28.3. The highest BCUT2D eigenvalue weighted by molar-refractivity contribution is 9.10. The van der Waals surface area contributed by atoms with Crippen LogP contribution >= 0.6 is 27.7 Å². The van der Waals surface area contributed by atoms with E-state index in [9.17, 15) is 14.7 Å². The smallest absolute Gasteiger partial charge is 0.240 e. The van der Waals surface area contributed by atoms with Crippen molar-refractivity contribution in [1.29, 1.82) is 0 Å². The van der Waals surface area contributed by atoms with E-state index in [-0.39, 0.29) is 36.8 Å². The summed E-state index contributed by atoms with van der Waals surface area (Å²) >= 11 is 4.56. The van der Waals surface area contributed by atoms with Crippen LogP contribution in [0.2, 0.25) is 0 Å². The van der Waals surface area contributed by atoms with Gasteiger partial charge in [0.1, 0.15) is 6.54 Å². The average molecular weight is 441 g/mol. The first kappa shape index (κ1) is 20.5. The number of rotatable bonds is 8. The molecule has 9 heteroatoms. The van der Waals surface area contributed by atoms with Gasteiger partial charge in [0.15, 0.2) is 5.16 Å². The van der Waals surface area contributed by atoms with Gasteiger partial charge in [-0.05, 0) is 38.1 Å². The second-order valence-electron chi connectivity index (χ2n) is 5.84. The van der Waals surface area contributed by atoms with E-state index in [1.54, 1.807) is 16.7 Å². The van der Waals surface area contributed by atoms with Crippen LogP contribution in [-0.4, -0.2) is 38.3 Å². The standard InChI is InChI=1S/C17H21BrN4O3S/c1-11(2)20-15(24)8-22-14(9-23)7-19-17(22)26-10-16(25)21-13-5-3-12(18)4-6-13/h3-7,11,23H,8-10H2,1-2H3,(H,20,24)(H,21,25). The van der Waals surface area contributed by atoms with Crippen LogP contribution in [0.25, 0.3) is 0 Å². The first-order chi connectivity index (χ1) is 12.4. The number of halogens is 1. The third kappa shape index (κ3) is 6.15. The molecule has 0 spiro atoms. The number of aliphatic hydroxyl groups is 1. The molecule has 0 fully saturated rings. The Morgan fingerprint density at radius 3 is 2.58 bits per heavy atom.